The van der Waals surface area contributed by atoms with Gasteiger partial charge in [0.05, 0.1) is 11.1 Å². The van der Waals surface area contributed by atoms with E-state index < -0.39 is 0 Å². The maximum absolute atomic E-state index is 5.68. The third kappa shape index (κ3) is 4.76. The van der Waals surface area contributed by atoms with Crippen LogP contribution in [0.1, 0.15) is 12.5 Å². The van der Waals surface area contributed by atoms with Gasteiger partial charge in [0, 0.05) is 12.3 Å². The molecule has 0 amide bonds. The Balaban J connectivity index is 2.47. The number of hydrogen-bond donors (Lipinski definition) is 1. The molecule has 0 aliphatic heterocycles. The molecule has 16 heavy (non-hydrogen) atoms. The van der Waals surface area contributed by atoms with E-state index in [2.05, 4.69) is 40.3 Å². The van der Waals surface area contributed by atoms with Crippen LogP contribution in [0.5, 0.6) is 5.75 Å². The normalized spacial score (nSPS) is 10.4. The number of halogens is 1. The zero-order valence-electron chi connectivity index (χ0n) is 9.75. The molecular weight excluding hydrogens is 286 g/mol. The fourth-order valence-corrected chi connectivity index (χ4v) is 2.36. The second-order valence-corrected chi connectivity index (χ2v) is 5.59. The minimum absolute atomic E-state index is 0.766. The largest absolute Gasteiger partial charge is 0.492 e. The maximum Gasteiger partial charge on any atom is 0.133 e. The molecule has 0 aromatic heterocycles. The molecule has 0 unspecified atom stereocenters. The van der Waals surface area contributed by atoms with Gasteiger partial charge in [-0.3, -0.25) is 0 Å². The van der Waals surface area contributed by atoms with E-state index in [0.717, 1.165) is 34.9 Å². The highest BCUT2D eigenvalue weighted by Gasteiger charge is 2.02. The molecule has 1 rings (SSSR count). The van der Waals surface area contributed by atoms with E-state index in [0.29, 0.717) is 0 Å². The molecule has 0 saturated carbocycles. The third-order valence-electron chi connectivity index (χ3n) is 2.07. The van der Waals surface area contributed by atoms with E-state index in [9.17, 15) is 0 Å². The molecule has 1 N–H and O–H groups in total. The second kappa shape index (κ2) is 7.98. The van der Waals surface area contributed by atoms with Crippen LogP contribution in [0.2, 0.25) is 0 Å². The Morgan fingerprint density at radius 1 is 1.44 bits per heavy atom. The summed E-state index contributed by atoms with van der Waals surface area (Å²) < 4.78 is 6.71. The molecule has 0 spiro atoms. The maximum atomic E-state index is 5.68. The fraction of sp³-hybridized carbons (Fsp3) is 0.500. The predicted molar refractivity (Wildman–Crippen MR) is 75.4 cm³/mol. The molecule has 0 heterocycles. The average Bonchev–Trinajstić information content (AvgIpc) is 2.27. The van der Waals surface area contributed by atoms with E-state index in [1.807, 2.05) is 24.9 Å². The number of thioether (sulfide) groups is 1. The lowest BCUT2D eigenvalue weighted by atomic mass is 10.2. The molecule has 0 atom stereocenters. The van der Waals surface area contributed by atoms with Crippen LogP contribution in [0.3, 0.4) is 0 Å². The summed E-state index contributed by atoms with van der Waals surface area (Å²) in [6, 6.07) is 6.20. The van der Waals surface area contributed by atoms with Crippen LogP contribution in [-0.4, -0.2) is 25.2 Å². The van der Waals surface area contributed by atoms with Gasteiger partial charge in [-0.05, 0) is 46.4 Å². The van der Waals surface area contributed by atoms with E-state index in [-0.39, 0.29) is 0 Å². The number of benzene rings is 1. The Morgan fingerprint density at radius 3 is 2.88 bits per heavy atom. The van der Waals surface area contributed by atoms with Crippen molar-refractivity contribution in [2.24, 2.45) is 0 Å². The van der Waals surface area contributed by atoms with Crippen molar-refractivity contribution < 1.29 is 4.74 Å². The molecule has 0 saturated heterocycles. The molecule has 2 nitrogen and oxygen atoms in total. The van der Waals surface area contributed by atoms with Crippen molar-refractivity contribution in [3.05, 3.63) is 28.2 Å². The van der Waals surface area contributed by atoms with Gasteiger partial charge in [0.2, 0.25) is 0 Å². The summed E-state index contributed by atoms with van der Waals surface area (Å²) in [5, 5.41) is 3.13. The van der Waals surface area contributed by atoms with Crippen molar-refractivity contribution in [1.29, 1.82) is 0 Å². The zero-order valence-corrected chi connectivity index (χ0v) is 12.2. The molecule has 0 fully saturated rings. The van der Waals surface area contributed by atoms with Crippen LogP contribution in [0.4, 0.5) is 0 Å². The van der Waals surface area contributed by atoms with E-state index in [1.165, 1.54) is 5.56 Å². The molecule has 0 bridgehead atoms. The molecule has 0 radical (unpaired) electrons. The quantitative estimate of drug-likeness (QED) is 0.781. The Labute approximate surface area is 110 Å². The Hall–Kier alpha value is -0.190. The summed E-state index contributed by atoms with van der Waals surface area (Å²) in [6.45, 7) is 3.81. The summed E-state index contributed by atoms with van der Waals surface area (Å²) in [7, 11) is 1.94. The van der Waals surface area contributed by atoms with Crippen molar-refractivity contribution in [1.82, 2.24) is 5.32 Å². The summed E-state index contributed by atoms with van der Waals surface area (Å²) in [5.74, 6) is 3.11. The first-order chi connectivity index (χ1) is 7.77. The minimum atomic E-state index is 0.766. The summed E-state index contributed by atoms with van der Waals surface area (Å²) >= 11 is 5.42. The van der Waals surface area contributed by atoms with E-state index in [4.69, 9.17) is 4.74 Å². The Morgan fingerprint density at radius 2 is 2.25 bits per heavy atom. The van der Waals surface area contributed by atoms with Gasteiger partial charge >= 0.3 is 0 Å². The first-order valence-electron chi connectivity index (χ1n) is 5.41. The zero-order chi connectivity index (χ0) is 11.8. The van der Waals surface area contributed by atoms with Crippen molar-refractivity contribution in [3.8, 4) is 5.75 Å². The van der Waals surface area contributed by atoms with Gasteiger partial charge in [0.25, 0.3) is 0 Å². The highest BCUT2D eigenvalue weighted by molar-refractivity contribution is 9.10. The van der Waals surface area contributed by atoms with Crippen LogP contribution >= 0.6 is 27.7 Å². The van der Waals surface area contributed by atoms with Crippen LogP contribution in [0.25, 0.3) is 0 Å². The van der Waals surface area contributed by atoms with Gasteiger partial charge in [-0.25, -0.2) is 0 Å². The standard InChI is InChI=1S/C12H18BrNOS/c1-3-16-7-6-15-12-5-4-10(9-14-2)8-11(12)13/h4-5,8,14H,3,6-7,9H2,1-2H3. The number of nitrogens with one attached hydrogen (secondary N) is 1. The van der Waals surface area contributed by atoms with Gasteiger partial charge in [-0.15, -0.1) is 0 Å². The lowest BCUT2D eigenvalue weighted by molar-refractivity contribution is 0.341. The van der Waals surface area contributed by atoms with Gasteiger partial charge in [-0.1, -0.05) is 13.0 Å². The van der Waals surface area contributed by atoms with Crippen LogP contribution in [-0.2, 0) is 6.54 Å². The first kappa shape index (κ1) is 13.9. The summed E-state index contributed by atoms with van der Waals surface area (Å²) in [4.78, 5) is 0. The third-order valence-corrected chi connectivity index (χ3v) is 3.55. The number of ether oxygens (including phenoxy) is 1. The Kier molecular flexibility index (Phi) is 6.92. The van der Waals surface area contributed by atoms with Gasteiger partial charge < -0.3 is 10.1 Å². The topological polar surface area (TPSA) is 21.3 Å². The fourth-order valence-electron chi connectivity index (χ4n) is 1.33. The van der Waals surface area contributed by atoms with Crippen LogP contribution < -0.4 is 10.1 Å². The van der Waals surface area contributed by atoms with Gasteiger partial charge in [0.15, 0.2) is 0 Å². The smallest absolute Gasteiger partial charge is 0.133 e. The summed E-state index contributed by atoms with van der Waals surface area (Å²) in [5.41, 5.74) is 1.25. The van der Waals surface area contributed by atoms with Crippen molar-refractivity contribution in [2.75, 3.05) is 25.2 Å². The van der Waals surface area contributed by atoms with Crippen molar-refractivity contribution in [2.45, 2.75) is 13.5 Å². The lowest BCUT2D eigenvalue weighted by Gasteiger charge is -2.09. The predicted octanol–water partition coefficient (Wildman–Crippen LogP) is 3.30. The molecule has 0 aliphatic carbocycles. The molecule has 90 valence electrons. The van der Waals surface area contributed by atoms with Crippen LogP contribution in [0.15, 0.2) is 22.7 Å². The minimum Gasteiger partial charge on any atom is -0.492 e. The molecule has 4 heteroatoms. The molecule has 0 aliphatic rings. The lowest BCUT2D eigenvalue weighted by Crippen LogP contribution is -2.05. The molecular formula is C12H18BrNOS. The molecule has 1 aromatic carbocycles. The number of rotatable bonds is 7. The highest BCUT2D eigenvalue weighted by Crippen LogP contribution is 2.26. The first-order valence-corrected chi connectivity index (χ1v) is 7.36. The van der Waals surface area contributed by atoms with Crippen LogP contribution in [0, 0.1) is 0 Å². The van der Waals surface area contributed by atoms with Crippen molar-refractivity contribution >= 4 is 27.7 Å². The number of hydrogen-bond acceptors (Lipinski definition) is 3. The molecule has 1 aromatic rings. The van der Waals surface area contributed by atoms with Gasteiger partial charge in [0.1, 0.15) is 5.75 Å². The van der Waals surface area contributed by atoms with Gasteiger partial charge in [-0.2, -0.15) is 11.8 Å². The highest BCUT2D eigenvalue weighted by atomic mass is 79.9. The summed E-state index contributed by atoms with van der Waals surface area (Å²) in [6.07, 6.45) is 0. The van der Waals surface area contributed by atoms with E-state index >= 15 is 0 Å². The average molecular weight is 304 g/mol. The monoisotopic (exact) mass is 303 g/mol. The SMILES string of the molecule is CCSCCOc1ccc(CNC)cc1Br. The Bertz CT molecular complexity index is 320. The van der Waals surface area contributed by atoms with Crippen molar-refractivity contribution in [3.63, 3.8) is 0 Å². The second-order valence-electron chi connectivity index (χ2n) is 3.34. The van der Waals surface area contributed by atoms with E-state index in [1.54, 1.807) is 0 Å².